The molecule has 0 fully saturated rings. The normalized spacial score (nSPS) is 10.4. The molecule has 82 valence electrons. The molecule has 0 saturated carbocycles. The number of aryl methyl sites for hydroxylation is 1. The molecule has 1 heterocycles. The third-order valence-corrected chi connectivity index (χ3v) is 3.83. The van der Waals surface area contributed by atoms with Crippen molar-refractivity contribution in [1.82, 2.24) is 4.98 Å². The molecule has 16 heavy (non-hydrogen) atoms. The second kappa shape index (κ2) is 4.53. The fraction of sp³-hybridized carbons (Fsp3) is 0.0909. The van der Waals surface area contributed by atoms with Gasteiger partial charge in [-0.05, 0) is 24.6 Å². The molecule has 0 atom stereocenters. The Morgan fingerprint density at radius 2 is 2.06 bits per heavy atom. The Hall–Kier alpha value is -0.900. The van der Waals surface area contributed by atoms with Crippen LogP contribution in [0.4, 0.5) is 0 Å². The fourth-order valence-corrected chi connectivity index (χ4v) is 2.55. The molecular formula is C11H7Cl2NOS. The number of carbonyl (C=O) groups excluding carboxylic acids is 1. The van der Waals surface area contributed by atoms with Crippen molar-refractivity contribution in [2.24, 2.45) is 0 Å². The van der Waals surface area contributed by atoms with E-state index in [0.29, 0.717) is 15.7 Å². The van der Waals surface area contributed by atoms with Gasteiger partial charge in [0.25, 0.3) is 0 Å². The van der Waals surface area contributed by atoms with E-state index in [4.69, 9.17) is 23.2 Å². The highest BCUT2D eigenvalue weighted by atomic mass is 35.5. The van der Waals surface area contributed by atoms with Crippen molar-refractivity contribution in [1.29, 1.82) is 0 Å². The molecule has 1 aromatic carbocycles. The Morgan fingerprint density at radius 3 is 2.69 bits per heavy atom. The van der Waals surface area contributed by atoms with E-state index in [0.717, 1.165) is 21.7 Å². The molecule has 5 heteroatoms. The molecule has 0 aliphatic heterocycles. The van der Waals surface area contributed by atoms with Crippen LogP contribution >= 0.6 is 34.5 Å². The summed E-state index contributed by atoms with van der Waals surface area (Å²) in [5, 5.41) is 1.82. The number of aromatic nitrogens is 1. The summed E-state index contributed by atoms with van der Waals surface area (Å²) in [6.45, 7) is 1.86. The Balaban J connectivity index is 2.57. The Labute approximate surface area is 107 Å². The van der Waals surface area contributed by atoms with E-state index < -0.39 is 0 Å². The van der Waals surface area contributed by atoms with Crippen LogP contribution in [0.15, 0.2) is 18.2 Å². The average Bonchev–Trinajstić information content (AvgIpc) is 2.63. The number of hydrogen-bond acceptors (Lipinski definition) is 3. The van der Waals surface area contributed by atoms with Gasteiger partial charge in [-0.1, -0.05) is 29.3 Å². The summed E-state index contributed by atoms with van der Waals surface area (Å²) in [7, 11) is 0. The lowest BCUT2D eigenvalue weighted by Crippen LogP contribution is -1.84. The van der Waals surface area contributed by atoms with Crippen LogP contribution < -0.4 is 0 Å². The van der Waals surface area contributed by atoms with Crippen LogP contribution in [-0.4, -0.2) is 11.3 Å². The number of benzene rings is 1. The van der Waals surface area contributed by atoms with Gasteiger partial charge in [-0.3, -0.25) is 4.79 Å². The predicted molar refractivity (Wildman–Crippen MR) is 67.7 cm³/mol. The first-order valence-electron chi connectivity index (χ1n) is 4.50. The van der Waals surface area contributed by atoms with Crippen molar-refractivity contribution in [2.45, 2.75) is 6.92 Å². The lowest BCUT2D eigenvalue weighted by atomic mass is 10.1. The van der Waals surface area contributed by atoms with E-state index in [1.54, 1.807) is 12.1 Å². The van der Waals surface area contributed by atoms with Gasteiger partial charge in [-0.2, -0.15) is 0 Å². The average molecular weight is 272 g/mol. The molecule has 0 bridgehead atoms. The van der Waals surface area contributed by atoms with Gasteiger partial charge in [0.1, 0.15) is 5.69 Å². The maximum Gasteiger partial charge on any atom is 0.169 e. The molecule has 0 aliphatic rings. The molecule has 2 rings (SSSR count). The zero-order valence-electron chi connectivity index (χ0n) is 8.33. The molecule has 0 amide bonds. The van der Waals surface area contributed by atoms with E-state index >= 15 is 0 Å². The molecule has 0 spiro atoms. The molecule has 0 unspecified atom stereocenters. The molecule has 0 radical (unpaired) electrons. The van der Waals surface area contributed by atoms with Gasteiger partial charge in [-0.25, -0.2) is 4.98 Å². The van der Waals surface area contributed by atoms with Crippen molar-refractivity contribution in [3.63, 3.8) is 0 Å². The molecule has 2 aromatic rings. The fourth-order valence-electron chi connectivity index (χ4n) is 1.37. The molecular weight excluding hydrogens is 265 g/mol. The number of rotatable bonds is 2. The molecule has 0 aliphatic carbocycles. The summed E-state index contributed by atoms with van der Waals surface area (Å²) < 4.78 is 0. The quantitative estimate of drug-likeness (QED) is 0.765. The van der Waals surface area contributed by atoms with Crippen molar-refractivity contribution in [3.8, 4) is 10.4 Å². The van der Waals surface area contributed by atoms with Crippen molar-refractivity contribution in [3.05, 3.63) is 38.9 Å². The van der Waals surface area contributed by atoms with Crippen molar-refractivity contribution >= 4 is 40.8 Å². The van der Waals surface area contributed by atoms with Crippen LogP contribution in [0.25, 0.3) is 10.4 Å². The predicted octanol–water partition coefficient (Wildman–Crippen LogP) is 4.24. The lowest BCUT2D eigenvalue weighted by Gasteiger charge is -2.00. The minimum absolute atomic E-state index is 0.445. The van der Waals surface area contributed by atoms with E-state index in [9.17, 15) is 4.79 Å². The first kappa shape index (κ1) is 11.6. The summed E-state index contributed by atoms with van der Waals surface area (Å²) in [4.78, 5) is 15.8. The highest BCUT2D eigenvalue weighted by Crippen LogP contribution is 2.33. The Kier molecular flexibility index (Phi) is 3.28. The first-order chi connectivity index (χ1) is 7.61. The second-order valence-electron chi connectivity index (χ2n) is 3.19. The van der Waals surface area contributed by atoms with Gasteiger partial charge in [0, 0.05) is 0 Å². The Bertz CT molecular complexity index is 551. The van der Waals surface area contributed by atoms with Crippen LogP contribution in [0, 0.1) is 6.92 Å². The number of thiazole rings is 1. The number of nitrogens with zero attached hydrogens (tertiary/aromatic N) is 1. The van der Waals surface area contributed by atoms with E-state index in [1.165, 1.54) is 11.3 Å². The monoisotopic (exact) mass is 271 g/mol. The summed E-state index contributed by atoms with van der Waals surface area (Å²) in [6.07, 6.45) is 0.751. The molecule has 0 N–H and O–H groups in total. The van der Waals surface area contributed by atoms with Gasteiger partial charge < -0.3 is 0 Å². The zero-order chi connectivity index (χ0) is 11.7. The van der Waals surface area contributed by atoms with Gasteiger partial charge in [0.2, 0.25) is 0 Å². The minimum atomic E-state index is 0.445. The summed E-state index contributed by atoms with van der Waals surface area (Å²) in [6, 6.07) is 5.28. The van der Waals surface area contributed by atoms with Gasteiger partial charge in [0.15, 0.2) is 6.29 Å². The molecule has 1 aromatic heterocycles. The van der Waals surface area contributed by atoms with E-state index in [1.807, 2.05) is 13.0 Å². The standard InChI is InChI=1S/C11H7Cl2NOS/c1-6-14-10(5-15)11(16-6)7-2-3-8(12)9(13)4-7/h2-5H,1H3. The lowest BCUT2D eigenvalue weighted by molar-refractivity contribution is 0.112. The zero-order valence-corrected chi connectivity index (χ0v) is 10.7. The number of carbonyl (C=O) groups is 1. The number of halogens is 2. The van der Waals surface area contributed by atoms with Crippen LogP contribution in [0.3, 0.4) is 0 Å². The van der Waals surface area contributed by atoms with Gasteiger partial charge in [0.05, 0.1) is 19.9 Å². The maximum atomic E-state index is 10.9. The van der Waals surface area contributed by atoms with E-state index in [2.05, 4.69) is 4.98 Å². The third-order valence-electron chi connectivity index (χ3n) is 2.05. The largest absolute Gasteiger partial charge is 0.296 e. The summed E-state index contributed by atoms with van der Waals surface area (Å²) in [5.41, 5.74) is 1.31. The number of hydrogen-bond donors (Lipinski definition) is 0. The molecule has 0 saturated heterocycles. The van der Waals surface area contributed by atoms with Crippen LogP contribution in [0.1, 0.15) is 15.5 Å². The van der Waals surface area contributed by atoms with Gasteiger partial charge >= 0.3 is 0 Å². The first-order valence-corrected chi connectivity index (χ1v) is 6.07. The van der Waals surface area contributed by atoms with Crippen molar-refractivity contribution < 1.29 is 4.79 Å². The molecule has 2 nitrogen and oxygen atoms in total. The van der Waals surface area contributed by atoms with Crippen LogP contribution in [-0.2, 0) is 0 Å². The third kappa shape index (κ3) is 2.12. The maximum absolute atomic E-state index is 10.9. The highest BCUT2D eigenvalue weighted by molar-refractivity contribution is 7.15. The van der Waals surface area contributed by atoms with Crippen molar-refractivity contribution in [2.75, 3.05) is 0 Å². The van der Waals surface area contributed by atoms with Gasteiger partial charge in [-0.15, -0.1) is 11.3 Å². The summed E-state index contributed by atoms with van der Waals surface area (Å²) >= 11 is 13.2. The second-order valence-corrected chi connectivity index (χ2v) is 5.21. The Morgan fingerprint density at radius 1 is 1.31 bits per heavy atom. The highest BCUT2D eigenvalue weighted by Gasteiger charge is 2.11. The minimum Gasteiger partial charge on any atom is -0.296 e. The van der Waals surface area contributed by atoms with Crippen LogP contribution in [0.2, 0.25) is 10.0 Å². The smallest absolute Gasteiger partial charge is 0.169 e. The van der Waals surface area contributed by atoms with E-state index in [-0.39, 0.29) is 0 Å². The summed E-state index contributed by atoms with van der Waals surface area (Å²) in [5.74, 6) is 0. The number of aldehydes is 1. The SMILES string of the molecule is Cc1nc(C=O)c(-c2ccc(Cl)c(Cl)c2)s1. The van der Waals surface area contributed by atoms with Crippen LogP contribution in [0.5, 0.6) is 0 Å². The topological polar surface area (TPSA) is 30.0 Å².